The predicted molar refractivity (Wildman–Crippen MR) is 67.7 cm³/mol. The Balaban J connectivity index is 2.04. The largest absolute Gasteiger partial charge is 0.480 e. The summed E-state index contributed by atoms with van der Waals surface area (Å²) in [5, 5.41) is 10.7. The van der Waals surface area contributed by atoms with Crippen molar-refractivity contribution in [2.45, 2.75) is 12.6 Å². The van der Waals surface area contributed by atoms with Gasteiger partial charge in [0.25, 0.3) is 0 Å². The molecule has 0 aromatic heterocycles. The number of carbonyl (C=O) groups is 3. The van der Waals surface area contributed by atoms with Crippen LogP contribution in [0.25, 0.3) is 0 Å². The van der Waals surface area contributed by atoms with E-state index in [0.717, 1.165) is 0 Å². The third-order valence-corrected chi connectivity index (χ3v) is 2.96. The molecule has 0 bridgehead atoms. The fourth-order valence-electron chi connectivity index (χ4n) is 1.91. The molecule has 1 aromatic carbocycles. The second kappa shape index (κ2) is 6.21. The Morgan fingerprint density at radius 3 is 2.67 bits per heavy atom. The van der Waals surface area contributed by atoms with Crippen LogP contribution in [-0.2, 0) is 20.9 Å². The molecule has 1 aliphatic rings. The molecular weight excluding hydrogens is 283 g/mol. The van der Waals surface area contributed by atoms with Gasteiger partial charge in [-0.25, -0.2) is 9.18 Å². The molecular formula is C13H13FN2O5. The summed E-state index contributed by atoms with van der Waals surface area (Å²) in [5.74, 6) is -2.19. The maximum absolute atomic E-state index is 12.8. The van der Waals surface area contributed by atoms with E-state index in [1.54, 1.807) is 0 Å². The molecule has 2 rings (SSSR count). The fourth-order valence-corrected chi connectivity index (χ4v) is 1.91. The van der Waals surface area contributed by atoms with E-state index in [1.807, 2.05) is 0 Å². The van der Waals surface area contributed by atoms with E-state index < -0.39 is 36.4 Å². The molecule has 1 heterocycles. The molecule has 0 saturated carbocycles. The SMILES string of the molecule is O=C(O)CNC(=O)[C@@H]1COC(=O)N1Cc1ccc(F)cc1. The first-order chi connectivity index (χ1) is 9.97. The van der Waals surface area contributed by atoms with Gasteiger partial charge in [0.05, 0.1) is 6.54 Å². The quantitative estimate of drug-likeness (QED) is 0.817. The maximum atomic E-state index is 12.8. The molecule has 7 nitrogen and oxygen atoms in total. The van der Waals surface area contributed by atoms with Gasteiger partial charge >= 0.3 is 12.1 Å². The van der Waals surface area contributed by atoms with Crippen molar-refractivity contribution >= 4 is 18.0 Å². The molecule has 0 spiro atoms. The van der Waals surface area contributed by atoms with Gasteiger partial charge in [-0.1, -0.05) is 12.1 Å². The Morgan fingerprint density at radius 2 is 2.05 bits per heavy atom. The molecule has 0 unspecified atom stereocenters. The highest BCUT2D eigenvalue weighted by Gasteiger charge is 2.38. The van der Waals surface area contributed by atoms with Gasteiger partial charge in [0.2, 0.25) is 5.91 Å². The number of aliphatic carboxylic acids is 1. The van der Waals surface area contributed by atoms with Crippen molar-refractivity contribution < 1.29 is 28.6 Å². The van der Waals surface area contributed by atoms with Crippen LogP contribution in [0.3, 0.4) is 0 Å². The average Bonchev–Trinajstić information content (AvgIpc) is 2.80. The zero-order chi connectivity index (χ0) is 15.4. The van der Waals surface area contributed by atoms with E-state index in [1.165, 1.54) is 29.2 Å². The second-order valence-electron chi connectivity index (χ2n) is 4.46. The van der Waals surface area contributed by atoms with Crippen LogP contribution in [-0.4, -0.2) is 47.2 Å². The van der Waals surface area contributed by atoms with Gasteiger partial charge < -0.3 is 15.2 Å². The number of nitrogens with zero attached hydrogens (tertiary/aromatic N) is 1. The number of hydrogen-bond donors (Lipinski definition) is 2. The van der Waals surface area contributed by atoms with E-state index in [9.17, 15) is 18.8 Å². The summed E-state index contributed by atoms with van der Waals surface area (Å²) in [6, 6.07) is 4.58. The predicted octanol–water partition coefficient (Wildman–Crippen LogP) is 0.347. The van der Waals surface area contributed by atoms with E-state index in [0.29, 0.717) is 5.56 Å². The number of carboxylic acids is 1. The van der Waals surface area contributed by atoms with Gasteiger partial charge in [-0.05, 0) is 17.7 Å². The smallest absolute Gasteiger partial charge is 0.410 e. The minimum Gasteiger partial charge on any atom is -0.480 e. The van der Waals surface area contributed by atoms with Crippen molar-refractivity contribution in [3.05, 3.63) is 35.6 Å². The number of benzene rings is 1. The van der Waals surface area contributed by atoms with Gasteiger partial charge in [-0.2, -0.15) is 0 Å². The van der Waals surface area contributed by atoms with Gasteiger partial charge in [0.1, 0.15) is 25.0 Å². The van der Waals surface area contributed by atoms with Crippen LogP contribution in [0.1, 0.15) is 5.56 Å². The molecule has 2 N–H and O–H groups in total. The zero-order valence-electron chi connectivity index (χ0n) is 10.9. The molecule has 1 saturated heterocycles. The molecule has 1 atom stereocenters. The lowest BCUT2D eigenvalue weighted by atomic mass is 10.2. The number of carboxylic acid groups (broad SMARTS) is 1. The summed E-state index contributed by atoms with van der Waals surface area (Å²) in [6.45, 7) is -0.607. The third kappa shape index (κ3) is 3.68. The van der Waals surface area contributed by atoms with Crippen LogP contribution in [0.2, 0.25) is 0 Å². The summed E-state index contributed by atoms with van der Waals surface area (Å²) >= 11 is 0. The maximum Gasteiger partial charge on any atom is 0.410 e. The normalized spacial score (nSPS) is 17.5. The Bertz CT molecular complexity index is 560. The summed E-state index contributed by atoms with van der Waals surface area (Å²) in [5.41, 5.74) is 0.631. The standard InChI is InChI=1S/C13H13FN2O5/c14-9-3-1-8(2-4-9)6-16-10(7-21-13(16)20)12(19)15-5-11(17)18/h1-4,10H,5-7H2,(H,15,19)(H,17,18)/t10-/m0/s1. The summed E-state index contributed by atoms with van der Waals surface area (Å²) in [7, 11) is 0. The average molecular weight is 296 g/mol. The first-order valence-electron chi connectivity index (χ1n) is 6.14. The molecule has 0 radical (unpaired) electrons. The lowest BCUT2D eigenvalue weighted by Gasteiger charge is -2.20. The number of cyclic esters (lactones) is 1. The van der Waals surface area contributed by atoms with Gasteiger partial charge in [-0.3, -0.25) is 14.5 Å². The number of nitrogens with one attached hydrogen (secondary N) is 1. The van der Waals surface area contributed by atoms with Crippen molar-refractivity contribution in [2.75, 3.05) is 13.2 Å². The van der Waals surface area contributed by atoms with Crippen LogP contribution in [0.4, 0.5) is 9.18 Å². The first kappa shape index (κ1) is 14.8. The second-order valence-corrected chi connectivity index (χ2v) is 4.46. The molecule has 2 amide bonds. The van der Waals surface area contributed by atoms with E-state index in [2.05, 4.69) is 5.32 Å². The lowest BCUT2D eigenvalue weighted by Crippen LogP contribution is -2.46. The van der Waals surface area contributed by atoms with E-state index >= 15 is 0 Å². The third-order valence-electron chi connectivity index (χ3n) is 2.96. The highest BCUT2D eigenvalue weighted by Crippen LogP contribution is 2.17. The van der Waals surface area contributed by atoms with Crippen LogP contribution in [0, 0.1) is 5.82 Å². The number of rotatable bonds is 5. The van der Waals surface area contributed by atoms with Crippen LogP contribution >= 0.6 is 0 Å². The topological polar surface area (TPSA) is 95.9 Å². The molecule has 1 aliphatic heterocycles. The Labute approximate surface area is 119 Å². The summed E-state index contributed by atoms with van der Waals surface area (Å²) < 4.78 is 17.6. The number of ether oxygens (including phenoxy) is 1. The van der Waals surface area contributed by atoms with Crippen molar-refractivity contribution in [2.24, 2.45) is 0 Å². The van der Waals surface area contributed by atoms with Gasteiger partial charge in [0, 0.05) is 0 Å². The minimum absolute atomic E-state index is 0.0737. The zero-order valence-corrected chi connectivity index (χ0v) is 10.9. The molecule has 0 aliphatic carbocycles. The number of halogens is 1. The molecule has 1 fully saturated rings. The Kier molecular flexibility index (Phi) is 4.36. The molecule has 112 valence electrons. The highest BCUT2D eigenvalue weighted by atomic mass is 19.1. The fraction of sp³-hybridized carbons (Fsp3) is 0.308. The van der Waals surface area contributed by atoms with Crippen LogP contribution in [0.5, 0.6) is 0 Å². The summed E-state index contributed by atoms with van der Waals surface area (Å²) in [4.78, 5) is 35.1. The van der Waals surface area contributed by atoms with Crippen molar-refractivity contribution in [3.63, 3.8) is 0 Å². The van der Waals surface area contributed by atoms with Crippen LogP contribution < -0.4 is 5.32 Å². The highest BCUT2D eigenvalue weighted by molar-refractivity contribution is 5.89. The first-order valence-corrected chi connectivity index (χ1v) is 6.14. The Morgan fingerprint density at radius 1 is 1.38 bits per heavy atom. The van der Waals surface area contributed by atoms with E-state index in [4.69, 9.17) is 9.84 Å². The van der Waals surface area contributed by atoms with Gasteiger partial charge in [0.15, 0.2) is 0 Å². The van der Waals surface area contributed by atoms with Crippen LogP contribution in [0.15, 0.2) is 24.3 Å². The monoisotopic (exact) mass is 296 g/mol. The molecule has 1 aromatic rings. The van der Waals surface area contributed by atoms with E-state index in [-0.39, 0.29) is 13.2 Å². The summed E-state index contributed by atoms with van der Waals surface area (Å²) in [6.07, 6.45) is -0.671. The Hall–Kier alpha value is -2.64. The minimum atomic E-state index is -1.18. The van der Waals surface area contributed by atoms with Crippen molar-refractivity contribution in [1.82, 2.24) is 10.2 Å². The van der Waals surface area contributed by atoms with Crippen molar-refractivity contribution in [1.29, 1.82) is 0 Å². The number of amides is 2. The molecule has 21 heavy (non-hydrogen) atoms. The van der Waals surface area contributed by atoms with Crippen molar-refractivity contribution in [3.8, 4) is 0 Å². The molecule has 8 heteroatoms. The lowest BCUT2D eigenvalue weighted by molar-refractivity contribution is -0.138. The van der Waals surface area contributed by atoms with Gasteiger partial charge in [-0.15, -0.1) is 0 Å². The number of carbonyl (C=O) groups excluding carboxylic acids is 2. The number of hydrogen-bond acceptors (Lipinski definition) is 4.